The first-order valence-electron chi connectivity index (χ1n) is 1.41. The molecule has 0 aliphatic heterocycles. The quantitative estimate of drug-likeness (QED) is 0.304. The fourth-order valence-electron chi connectivity index (χ4n) is 0.0481. The van der Waals surface area contributed by atoms with Crippen LogP contribution in [0.3, 0.4) is 0 Å². The summed E-state index contributed by atoms with van der Waals surface area (Å²) in [5.41, 5.74) is 4.73. The SMILES string of the molecule is NCC(=O)ON.[CaH2]. The predicted octanol–water partition coefficient (Wildman–Crippen LogP) is -2.55. The zero-order chi connectivity index (χ0) is 4.99. The number of nitrogens with two attached hydrogens (primary N) is 2. The van der Waals surface area contributed by atoms with Gasteiger partial charge in [0.05, 0.1) is 6.54 Å². The molecule has 0 aliphatic carbocycles. The maximum absolute atomic E-state index is 9.71. The third kappa shape index (κ3) is 6.65. The predicted molar refractivity (Wildman–Crippen MR) is 27.9 cm³/mol. The van der Waals surface area contributed by atoms with Gasteiger partial charge in [-0.15, -0.1) is 0 Å². The van der Waals surface area contributed by atoms with Crippen molar-refractivity contribution in [2.75, 3.05) is 6.54 Å². The third-order valence-corrected chi connectivity index (χ3v) is 0.298. The van der Waals surface area contributed by atoms with E-state index < -0.39 is 5.97 Å². The summed E-state index contributed by atoms with van der Waals surface area (Å²) < 4.78 is 0. The molecule has 0 unspecified atom stereocenters. The van der Waals surface area contributed by atoms with Crippen LogP contribution in [0.15, 0.2) is 0 Å². The van der Waals surface area contributed by atoms with E-state index in [2.05, 4.69) is 10.7 Å². The van der Waals surface area contributed by atoms with Crippen molar-refractivity contribution in [3.05, 3.63) is 0 Å². The Balaban J connectivity index is 0. The summed E-state index contributed by atoms with van der Waals surface area (Å²) in [7, 11) is 0. The summed E-state index contributed by atoms with van der Waals surface area (Å²) >= 11 is 0. The molecule has 0 radical (unpaired) electrons. The standard InChI is InChI=1S/C2H6N2O2.Ca.2H/c3-1-2(5)6-4;;;/h1,3-4H2;;;. The number of carbonyl (C=O) groups excluding carboxylic acids is 1. The molecule has 0 atom stereocenters. The van der Waals surface area contributed by atoms with Crippen LogP contribution in [0.1, 0.15) is 0 Å². The Labute approximate surface area is 71.1 Å². The van der Waals surface area contributed by atoms with Crippen molar-refractivity contribution in [3.8, 4) is 0 Å². The molecular weight excluding hydrogens is 124 g/mol. The van der Waals surface area contributed by atoms with Crippen LogP contribution < -0.4 is 11.6 Å². The van der Waals surface area contributed by atoms with E-state index in [0.717, 1.165) is 0 Å². The number of carbonyl (C=O) groups is 1. The molecule has 0 rings (SSSR count). The van der Waals surface area contributed by atoms with Crippen LogP contribution in [0.2, 0.25) is 0 Å². The Kier molecular flexibility index (Phi) is 10.1. The molecule has 0 aromatic carbocycles. The van der Waals surface area contributed by atoms with Crippen molar-refractivity contribution in [2.24, 2.45) is 11.6 Å². The van der Waals surface area contributed by atoms with E-state index in [-0.39, 0.29) is 44.3 Å². The van der Waals surface area contributed by atoms with E-state index >= 15 is 0 Å². The fraction of sp³-hybridized carbons (Fsp3) is 0.500. The minimum absolute atomic E-state index is 0. The van der Waals surface area contributed by atoms with Gasteiger partial charge in [0.2, 0.25) is 0 Å². The van der Waals surface area contributed by atoms with Gasteiger partial charge in [-0.25, -0.2) is 4.79 Å². The third-order valence-electron chi connectivity index (χ3n) is 0.298. The molecule has 0 heterocycles. The van der Waals surface area contributed by atoms with E-state index in [0.29, 0.717) is 0 Å². The van der Waals surface area contributed by atoms with Crippen molar-refractivity contribution in [3.63, 3.8) is 0 Å². The van der Waals surface area contributed by atoms with Gasteiger partial charge in [-0.05, 0) is 0 Å². The fourth-order valence-corrected chi connectivity index (χ4v) is 0.0481. The van der Waals surface area contributed by atoms with Gasteiger partial charge in [0.1, 0.15) is 0 Å². The zero-order valence-corrected chi connectivity index (χ0v) is 3.18. The summed E-state index contributed by atoms with van der Waals surface area (Å²) in [5.74, 6) is 3.75. The average molecular weight is 132 g/mol. The molecule has 0 aromatic heterocycles. The van der Waals surface area contributed by atoms with E-state index in [1.165, 1.54) is 0 Å². The first-order valence-corrected chi connectivity index (χ1v) is 1.41. The molecule has 40 valence electrons. The summed E-state index contributed by atoms with van der Waals surface area (Å²) in [5, 5.41) is 0. The Hall–Kier alpha value is 0.650. The van der Waals surface area contributed by atoms with Crippen LogP contribution in [-0.2, 0) is 9.63 Å². The van der Waals surface area contributed by atoms with Crippen LogP contribution in [0.5, 0.6) is 0 Å². The molecule has 0 saturated carbocycles. The molecule has 0 bridgehead atoms. The monoisotopic (exact) mass is 132 g/mol. The Bertz CT molecular complexity index is 51.7. The summed E-state index contributed by atoms with van der Waals surface area (Å²) in [6.07, 6.45) is 0. The van der Waals surface area contributed by atoms with Gasteiger partial charge in [0, 0.05) is 0 Å². The van der Waals surface area contributed by atoms with Crippen molar-refractivity contribution >= 4 is 43.7 Å². The molecule has 0 fully saturated rings. The van der Waals surface area contributed by atoms with Gasteiger partial charge in [0.15, 0.2) is 0 Å². The van der Waals surface area contributed by atoms with Gasteiger partial charge < -0.3 is 10.6 Å². The topological polar surface area (TPSA) is 78.3 Å². The molecule has 4 nitrogen and oxygen atoms in total. The molecular formula is C2H8CaN2O2. The molecule has 0 amide bonds. The van der Waals surface area contributed by atoms with Crippen molar-refractivity contribution < 1.29 is 9.63 Å². The van der Waals surface area contributed by atoms with E-state index in [9.17, 15) is 4.79 Å². The normalized spacial score (nSPS) is 6.57. The molecule has 0 saturated heterocycles. The number of hydrogen-bond donors (Lipinski definition) is 2. The van der Waals surface area contributed by atoms with Gasteiger partial charge in [-0.3, -0.25) is 0 Å². The van der Waals surface area contributed by atoms with Gasteiger partial charge in [0.25, 0.3) is 0 Å². The Morgan fingerprint density at radius 1 is 1.71 bits per heavy atom. The van der Waals surface area contributed by atoms with Crippen LogP contribution in [0.25, 0.3) is 0 Å². The van der Waals surface area contributed by atoms with Gasteiger partial charge in [-0.1, -0.05) is 0 Å². The average Bonchev–Trinajstić information content (AvgIpc) is 1.65. The number of hydrogen-bond acceptors (Lipinski definition) is 4. The molecule has 0 aromatic rings. The molecule has 0 spiro atoms. The molecule has 7 heavy (non-hydrogen) atoms. The Morgan fingerprint density at radius 2 is 2.14 bits per heavy atom. The summed E-state index contributed by atoms with van der Waals surface area (Å²) in [6.45, 7) is -0.156. The van der Waals surface area contributed by atoms with Gasteiger partial charge >= 0.3 is 43.7 Å². The van der Waals surface area contributed by atoms with Crippen LogP contribution in [0, 0.1) is 0 Å². The second kappa shape index (κ2) is 6.65. The summed E-state index contributed by atoms with van der Waals surface area (Å²) in [4.78, 5) is 13.3. The van der Waals surface area contributed by atoms with E-state index in [4.69, 9.17) is 5.73 Å². The van der Waals surface area contributed by atoms with E-state index in [1.54, 1.807) is 0 Å². The second-order valence-corrected chi connectivity index (χ2v) is 0.694. The van der Waals surface area contributed by atoms with Gasteiger partial charge in [-0.2, -0.15) is 5.90 Å². The van der Waals surface area contributed by atoms with Crippen molar-refractivity contribution in [1.82, 2.24) is 0 Å². The van der Waals surface area contributed by atoms with Crippen molar-refractivity contribution in [1.29, 1.82) is 0 Å². The Morgan fingerprint density at radius 3 is 2.14 bits per heavy atom. The molecule has 4 N–H and O–H groups in total. The second-order valence-electron chi connectivity index (χ2n) is 0.694. The van der Waals surface area contributed by atoms with E-state index in [1.807, 2.05) is 0 Å². The minimum atomic E-state index is -0.602. The van der Waals surface area contributed by atoms with Crippen LogP contribution in [0.4, 0.5) is 0 Å². The first-order chi connectivity index (χ1) is 2.81. The van der Waals surface area contributed by atoms with Crippen LogP contribution in [-0.4, -0.2) is 50.3 Å². The first kappa shape index (κ1) is 10.6. The summed E-state index contributed by atoms with van der Waals surface area (Å²) in [6, 6.07) is 0. The maximum atomic E-state index is 9.71. The molecule has 0 aliphatic rings. The van der Waals surface area contributed by atoms with Crippen LogP contribution >= 0.6 is 0 Å². The zero-order valence-electron chi connectivity index (χ0n) is 3.18. The molecule has 5 heteroatoms. The number of rotatable bonds is 1. The van der Waals surface area contributed by atoms with Crippen molar-refractivity contribution in [2.45, 2.75) is 0 Å².